The monoisotopic (exact) mass is 315 g/mol. The van der Waals surface area contributed by atoms with Crippen LogP contribution in [0.4, 0.5) is 0 Å². The number of nitrogens with zero attached hydrogens (tertiary/aromatic N) is 3. The SMILES string of the molecule is CCn1c2ccccc2n2c3c(nc12)C(=O)c1ccccc1C3=O. The summed E-state index contributed by atoms with van der Waals surface area (Å²) in [5, 5.41) is 0. The lowest BCUT2D eigenvalue weighted by Crippen LogP contribution is -2.21. The second-order valence-corrected chi connectivity index (χ2v) is 5.88. The zero-order valence-electron chi connectivity index (χ0n) is 13.0. The number of carbonyl (C=O) groups excluding carboxylic acids is 2. The fourth-order valence-corrected chi connectivity index (χ4v) is 3.62. The molecule has 116 valence electrons. The number of rotatable bonds is 1. The summed E-state index contributed by atoms with van der Waals surface area (Å²) in [6.07, 6.45) is 0. The molecule has 0 N–H and O–H groups in total. The highest BCUT2D eigenvalue weighted by atomic mass is 16.1. The smallest absolute Gasteiger partial charge is 0.216 e. The quantitative estimate of drug-likeness (QED) is 0.478. The van der Waals surface area contributed by atoms with E-state index in [-0.39, 0.29) is 17.3 Å². The van der Waals surface area contributed by atoms with Crippen molar-refractivity contribution in [3.05, 3.63) is 71.0 Å². The van der Waals surface area contributed by atoms with E-state index in [0.29, 0.717) is 29.1 Å². The molecule has 2 aromatic carbocycles. The fourth-order valence-electron chi connectivity index (χ4n) is 3.62. The normalized spacial score (nSPS) is 13.5. The molecule has 0 fully saturated rings. The van der Waals surface area contributed by atoms with Gasteiger partial charge in [-0.25, -0.2) is 4.98 Å². The maximum absolute atomic E-state index is 13.0. The highest BCUT2D eigenvalue weighted by molar-refractivity contribution is 6.27. The van der Waals surface area contributed by atoms with Crippen LogP contribution in [0.5, 0.6) is 0 Å². The highest BCUT2D eigenvalue weighted by Crippen LogP contribution is 2.31. The van der Waals surface area contributed by atoms with Gasteiger partial charge in [0.25, 0.3) is 0 Å². The second kappa shape index (κ2) is 4.41. The van der Waals surface area contributed by atoms with Crippen molar-refractivity contribution in [2.24, 2.45) is 0 Å². The molecule has 0 bridgehead atoms. The van der Waals surface area contributed by atoms with Crippen molar-refractivity contribution in [3.63, 3.8) is 0 Å². The number of aryl methyl sites for hydroxylation is 1. The van der Waals surface area contributed by atoms with Crippen molar-refractivity contribution in [2.75, 3.05) is 0 Å². The molecule has 1 aliphatic carbocycles. The van der Waals surface area contributed by atoms with Gasteiger partial charge >= 0.3 is 0 Å². The molecule has 5 rings (SSSR count). The van der Waals surface area contributed by atoms with Crippen molar-refractivity contribution >= 4 is 28.4 Å². The van der Waals surface area contributed by atoms with Crippen LogP contribution in [0.3, 0.4) is 0 Å². The first-order chi connectivity index (χ1) is 11.7. The first-order valence-electron chi connectivity index (χ1n) is 7.90. The van der Waals surface area contributed by atoms with Gasteiger partial charge in [-0.05, 0) is 19.1 Å². The zero-order valence-corrected chi connectivity index (χ0v) is 13.0. The Morgan fingerprint density at radius 2 is 1.50 bits per heavy atom. The molecule has 0 aliphatic heterocycles. The van der Waals surface area contributed by atoms with Crippen molar-refractivity contribution in [1.29, 1.82) is 0 Å². The van der Waals surface area contributed by atoms with Gasteiger partial charge in [0.1, 0.15) is 11.4 Å². The van der Waals surface area contributed by atoms with Gasteiger partial charge in [0.05, 0.1) is 11.0 Å². The summed E-state index contributed by atoms with van der Waals surface area (Å²) in [6.45, 7) is 2.74. The van der Waals surface area contributed by atoms with Gasteiger partial charge in [0, 0.05) is 17.7 Å². The number of imidazole rings is 2. The first kappa shape index (κ1) is 13.2. The number of ketones is 2. The summed E-state index contributed by atoms with van der Waals surface area (Å²) < 4.78 is 3.85. The molecular weight excluding hydrogens is 302 g/mol. The number of carbonyl (C=O) groups is 2. The Morgan fingerprint density at radius 1 is 0.875 bits per heavy atom. The Labute approximate surface area is 137 Å². The average molecular weight is 315 g/mol. The number of benzene rings is 2. The molecule has 0 amide bonds. The zero-order chi connectivity index (χ0) is 16.4. The number of aromatic nitrogens is 3. The third kappa shape index (κ3) is 1.42. The van der Waals surface area contributed by atoms with E-state index in [4.69, 9.17) is 0 Å². The lowest BCUT2D eigenvalue weighted by molar-refractivity contribution is 0.0973. The molecule has 0 saturated heterocycles. The predicted molar refractivity (Wildman–Crippen MR) is 89.7 cm³/mol. The molecule has 4 aromatic rings. The molecule has 5 nitrogen and oxygen atoms in total. The van der Waals surface area contributed by atoms with E-state index in [2.05, 4.69) is 4.98 Å². The summed E-state index contributed by atoms with van der Waals surface area (Å²) in [4.78, 5) is 30.4. The summed E-state index contributed by atoms with van der Waals surface area (Å²) in [5.74, 6) is 0.306. The second-order valence-electron chi connectivity index (χ2n) is 5.88. The van der Waals surface area contributed by atoms with Gasteiger partial charge in [-0.2, -0.15) is 0 Å². The minimum absolute atomic E-state index is 0.147. The van der Waals surface area contributed by atoms with Gasteiger partial charge in [-0.3, -0.25) is 14.0 Å². The number of hydrogen-bond donors (Lipinski definition) is 0. The Morgan fingerprint density at radius 3 is 2.21 bits per heavy atom. The summed E-state index contributed by atoms with van der Waals surface area (Å²) in [7, 11) is 0. The van der Waals surface area contributed by atoms with Crippen molar-refractivity contribution in [3.8, 4) is 0 Å². The molecule has 2 aromatic heterocycles. The van der Waals surface area contributed by atoms with Crippen LogP contribution in [-0.4, -0.2) is 25.5 Å². The molecule has 0 atom stereocenters. The van der Waals surface area contributed by atoms with Crippen LogP contribution in [0, 0.1) is 0 Å². The summed E-state index contributed by atoms with van der Waals surface area (Å²) >= 11 is 0. The maximum Gasteiger partial charge on any atom is 0.216 e. The minimum Gasteiger partial charge on any atom is -0.310 e. The van der Waals surface area contributed by atoms with E-state index in [1.165, 1.54) is 0 Å². The van der Waals surface area contributed by atoms with Gasteiger partial charge in [0.15, 0.2) is 0 Å². The molecule has 5 heteroatoms. The van der Waals surface area contributed by atoms with E-state index in [9.17, 15) is 9.59 Å². The van der Waals surface area contributed by atoms with Crippen molar-refractivity contribution in [1.82, 2.24) is 14.0 Å². The van der Waals surface area contributed by atoms with E-state index in [1.54, 1.807) is 24.3 Å². The Bertz CT molecular complexity index is 1180. The van der Waals surface area contributed by atoms with E-state index in [0.717, 1.165) is 11.0 Å². The lowest BCUT2D eigenvalue weighted by atomic mass is 9.90. The van der Waals surface area contributed by atoms with E-state index >= 15 is 0 Å². The first-order valence-corrected chi connectivity index (χ1v) is 7.90. The molecule has 0 saturated carbocycles. The third-order valence-electron chi connectivity index (χ3n) is 4.68. The van der Waals surface area contributed by atoms with Crippen LogP contribution < -0.4 is 0 Å². The Kier molecular flexibility index (Phi) is 2.44. The lowest BCUT2D eigenvalue weighted by Gasteiger charge is -2.13. The molecule has 1 aliphatic rings. The van der Waals surface area contributed by atoms with Gasteiger partial charge in [0.2, 0.25) is 17.3 Å². The van der Waals surface area contributed by atoms with Crippen molar-refractivity contribution in [2.45, 2.75) is 13.5 Å². The summed E-state index contributed by atoms with van der Waals surface area (Å²) in [5.41, 5.74) is 3.40. The minimum atomic E-state index is -0.185. The molecule has 0 spiro atoms. The number of hydrogen-bond acceptors (Lipinski definition) is 3. The highest BCUT2D eigenvalue weighted by Gasteiger charge is 2.35. The van der Waals surface area contributed by atoms with Crippen LogP contribution in [0.2, 0.25) is 0 Å². The molecule has 0 radical (unpaired) electrons. The largest absolute Gasteiger partial charge is 0.310 e. The molecule has 2 heterocycles. The summed E-state index contributed by atoms with van der Waals surface area (Å²) in [6, 6.07) is 14.8. The maximum atomic E-state index is 13.0. The van der Waals surface area contributed by atoms with E-state index < -0.39 is 0 Å². The topological polar surface area (TPSA) is 56.4 Å². The van der Waals surface area contributed by atoms with Gasteiger partial charge in [-0.1, -0.05) is 36.4 Å². The van der Waals surface area contributed by atoms with Crippen molar-refractivity contribution < 1.29 is 9.59 Å². The molecule has 24 heavy (non-hydrogen) atoms. The molecule has 0 unspecified atom stereocenters. The number of para-hydroxylation sites is 2. The van der Waals surface area contributed by atoms with Crippen LogP contribution in [0.25, 0.3) is 16.8 Å². The Balaban J connectivity index is 1.97. The van der Waals surface area contributed by atoms with Crippen LogP contribution in [0.15, 0.2) is 48.5 Å². The van der Waals surface area contributed by atoms with Gasteiger partial charge in [-0.15, -0.1) is 0 Å². The third-order valence-corrected chi connectivity index (χ3v) is 4.68. The van der Waals surface area contributed by atoms with Crippen LogP contribution >= 0.6 is 0 Å². The Hall–Kier alpha value is -3.21. The van der Waals surface area contributed by atoms with Gasteiger partial charge < -0.3 is 4.57 Å². The van der Waals surface area contributed by atoms with Crippen LogP contribution in [-0.2, 0) is 6.54 Å². The fraction of sp³-hybridized carbons (Fsp3) is 0.105. The molecular formula is C19H13N3O2. The predicted octanol–water partition coefficient (Wildman–Crippen LogP) is 3.08. The standard InChI is InChI=1S/C19H13N3O2/c1-2-21-13-9-5-6-10-14(13)22-16-15(20-19(21)22)17(23)11-7-3-4-8-12(11)18(16)24/h3-10H,2H2,1H3. The van der Waals surface area contributed by atoms with E-state index in [1.807, 2.05) is 40.2 Å². The number of fused-ring (bicyclic) bond motifs is 6. The average Bonchev–Trinajstić information content (AvgIpc) is 3.14. The van der Waals surface area contributed by atoms with Crippen LogP contribution in [0.1, 0.15) is 39.0 Å².